The monoisotopic (exact) mass is 339 g/mol. The minimum absolute atomic E-state index is 0.121. The molecule has 2 heterocycles. The molecule has 0 spiro atoms. The van der Waals surface area contributed by atoms with Crippen LogP contribution in [0.1, 0.15) is 48.0 Å². The van der Waals surface area contributed by atoms with Gasteiger partial charge < -0.3 is 9.15 Å². The number of carbonyl (C=O) groups excluding carboxylic acids is 2. The first-order chi connectivity index (χ1) is 12.1. The zero-order chi connectivity index (χ0) is 17.6. The van der Waals surface area contributed by atoms with E-state index in [1.165, 1.54) is 4.90 Å². The van der Waals surface area contributed by atoms with Gasteiger partial charge in [0.25, 0.3) is 0 Å². The van der Waals surface area contributed by atoms with Gasteiger partial charge in [0.05, 0.1) is 5.92 Å². The van der Waals surface area contributed by atoms with E-state index in [2.05, 4.69) is 0 Å². The van der Waals surface area contributed by atoms with Gasteiger partial charge in [-0.3, -0.25) is 4.79 Å². The normalized spacial score (nSPS) is 25.6. The highest BCUT2D eigenvalue weighted by molar-refractivity contribution is 5.97. The lowest BCUT2D eigenvalue weighted by Gasteiger charge is -2.30. The molecule has 4 rings (SSSR count). The number of carbonyl (C=O) groups is 2. The molecule has 1 aliphatic heterocycles. The molecule has 5 heteroatoms. The average Bonchev–Trinajstić information content (AvgIpc) is 3.17. The molecule has 130 valence electrons. The third-order valence-electron chi connectivity index (χ3n) is 5.25. The summed E-state index contributed by atoms with van der Waals surface area (Å²) in [5, 5.41) is 0. The van der Waals surface area contributed by atoms with Crippen molar-refractivity contribution in [2.75, 3.05) is 6.61 Å². The quantitative estimate of drug-likeness (QED) is 0.830. The Balaban J connectivity index is 1.70. The molecular formula is C20H21NO4. The fourth-order valence-corrected chi connectivity index (χ4v) is 3.94. The molecule has 0 radical (unpaired) electrons. The van der Waals surface area contributed by atoms with E-state index in [1.807, 2.05) is 50.2 Å². The summed E-state index contributed by atoms with van der Waals surface area (Å²) in [5.74, 6) is 0.983. The minimum Gasteiger partial charge on any atom is -0.465 e. The van der Waals surface area contributed by atoms with Crippen LogP contribution in [-0.2, 0) is 16.0 Å². The number of cyclic esters (lactones) is 1. The maximum atomic E-state index is 13.3. The van der Waals surface area contributed by atoms with Crippen molar-refractivity contribution < 1.29 is 18.7 Å². The van der Waals surface area contributed by atoms with Crippen LogP contribution in [0.15, 0.2) is 40.8 Å². The van der Waals surface area contributed by atoms with Crippen LogP contribution in [0.5, 0.6) is 0 Å². The third-order valence-corrected chi connectivity index (χ3v) is 5.25. The van der Waals surface area contributed by atoms with Crippen molar-refractivity contribution in [2.24, 2.45) is 5.92 Å². The number of imide groups is 1. The molecule has 2 aromatic rings. The first-order valence-corrected chi connectivity index (χ1v) is 8.70. The molecule has 1 aromatic carbocycles. The van der Waals surface area contributed by atoms with Gasteiger partial charge in [-0.05, 0) is 42.9 Å². The predicted octanol–water partition coefficient (Wildman–Crippen LogP) is 3.97. The highest BCUT2D eigenvalue weighted by Gasteiger charge is 2.46. The summed E-state index contributed by atoms with van der Waals surface area (Å²) in [6.07, 6.45) is 1.24. The van der Waals surface area contributed by atoms with E-state index in [-0.39, 0.29) is 24.5 Å². The van der Waals surface area contributed by atoms with Gasteiger partial charge in [0, 0.05) is 0 Å². The number of hydrogen-bond acceptors (Lipinski definition) is 4. The lowest BCUT2D eigenvalue weighted by molar-refractivity contribution is -0.132. The smallest absolute Gasteiger partial charge is 0.417 e. The maximum Gasteiger partial charge on any atom is 0.417 e. The second-order valence-corrected chi connectivity index (χ2v) is 6.95. The van der Waals surface area contributed by atoms with Crippen molar-refractivity contribution in [3.05, 3.63) is 59.0 Å². The average molecular weight is 339 g/mol. The Morgan fingerprint density at radius 3 is 2.76 bits per heavy atom. The summed E-state index contributed by atoms with van der Waals surface area (Å²) in [5.41, 5.74) is 1.98. The second kappa shape index (κ2) is 6.06. The van der Waals surface area contributed by atoms with Crippen molar-refractivity contribution >= 4 is 12.0 Å². The summed E-state index contributed by atoms with van der Waals surface area (Å²) < 4.78 is 11.1. The number of amides is 2. The topological polar surface area (TPSA) is 59.8 Å². The number of furan rings is 1. The molecule has 0 bridgehead atoms. The van der Waals surface area contributed by atoms with Crippen molar-refractivity contribution in [3.63, 3.8) is 0 Å². The Bertz CT molecular complexity index is 810. The molecule has 1 saturated heterocycles. The Hall–Kier alpha value is -2.56. The van der Waals surface area contributed by atoms with E-state index in [0.717, 1.165) is 29.7 Å². The number of fused-ring (bicyclic) bond motifs is 1. The molecule has 2 amide bonds. The lowest BCUT2D eigenvalue weighted by atomic mass is 9.79. The van der Waals surface area contributed by atoms with Gasteiger partial charge in [-0.15, -0.1) is 0 Å². The molecule has 25 heavy (non-hydrogen) atoms. The summed E-state index contributed by atoms with van der Waals surface area (Å²) in [4.78, 5) is 26.9. The number of hydrogen-bond donors (Lipinski definition) is 0. The highest BCUT2D eigenvalue weighted by atomic mass is 16.6. The van der Waals surface area contributed by atoms with Crippen LogP contribution in [-0.4, -0.2) is 23.5 Å². The van der Waals surface area contributed by atoms with Crippen LogP contribution in [0.4, 0.5) is 4.79 Å². The van der Waals surface area contributed by atoms with E-state index >= 15 is 0 Å². The molecule has 1 fully saturated rings. The van der Waals surface area contributed by atoms with Gasteiger partial charge in [-0.1, -0.05) is 37.3 Å². The largest absolute Gasteiger partial charge is 0.465 e. The van der Waals surface area contributed by atoms with Gasteiger partial charge >= 0.3 is 6.09 Å². The van der Waals surface area contributed by atoms with Crippen LogP contribution in [0.2, 0.25) is 0 Å². The Labute approximate surface area is 146 Å². The van der Waals surface area contributed by atoms with Crippen LogP contribution in [0.3, 0.4) is 0 Å². The lowest BCUT2D eigenvalue weighted by Crippen LogP contribution is -2.40. The molecule has 5 nitrogen and oxygen atoms in total. The third kappa shape index (κ3) is 2.64. The van der Waals surface area contributed by atoms with Gasteiger partial charge in [0.15, 0.2) is 0 Å². The van der Waals surface area contributed by atoms with Crippen molar-refractivity contribution in [1.82, 2.24) is 4.90 Å². The van der Waals surface area contributed by atoms with Gasteiger partial charge in [0.1, 0.15) is 24.2 Å². The Morgan fingerprint density at radius 1 is 1.24 bits per heavy atom. The van der Waals surface area contributed by atoms with Gasteiger partial charge in [0.2, 0.25) is 5.91 Å². The minimum atomic E-state index is -0.568. The Kier molecular flexibility index (Phi) is 3.86. The van der Waals surface area contributed by atoms with E-state index in [1.54, 1.807) is 0 Å². The molecule has 1 aromatic heterocycles. The SMILES string of the molecule is Cc1cc2c(o1)[C@@H](C(=O)N1C(=O)OC[C@H]1c1ccccc1)[C@H](C)CC2. The zero-order valence-corrected chi connectivity index (χ0v) is 14.4. The number of benzene rings is 1. The molecule has 0 saturated carbocycles. The van der Waals surface area contributed by atoms with Crippen molar-refractivity contribution in [3.8, 4) is 0 Å². The Morgan fingerprint density at radius 2 is 2.00 bits per heavy atom. The second-order valence-electron chi connectivity index (χ2n) is 6.95. The van der Waals surface area contributed by atoms with E-state index in [4.69, 9.17) is 9.15 Å². The summed E-state index contributed by atoms with van der Waals surface area (Å²) in [7, 11) is 0. The van der Waals surface area contributed by atoms with E-state index in [9.17, 15) is 9.59 Å². The molecule has 0 N–H and O–H groups in total. The number of rotatable bonds is 2. The molecule has 0 unspecified atom stereocenters. The van der Waals surface area contributed by atoms with Crippen molar-refractivity contribution in [1.29, 1.82) is 0 Å². The molecule has 2 aliphatic rings. The van der Waals surface area contributed by atoms with Gasteiger partial charge in [-0.2, -0.15) is 0 Å². The fraction of sp³-hybridized carbons (Fsp3) is 0.400. The van der Waals surface area contributed by atoms with Crippen LogP contribution < -0.4 is 0 Å². The van der Waals surface area contributed by atoms with Crippen molar-refractivity contribution in [2.45, 2.75) is 38.6 Å². The van der Waals surface area contributed by atoms with Crippen LogP contribution >= 0.6 is 0 Å². The van der Waals surface area contributed by atoms with E-state index < -0.39 is 12.0 Å². The number of nitrogens with zero attached hydrogens (tertiary/aromatic N) is 1. The summed E-state index contributed by atoms with van der Waals surface area (Å²) in [6, 6.07) is 11.2. The standard InChI is InChI=1S/C20H21NO4/c1-12-8-9-15-10-13(2)25-18(15)17(12)19(22)21-16(11-24-20(21)23)14-6-4-3-5-7-14/h3-7,10,12,16-17H,8-9,11H2,1-2H3/t12-,16+,17+/m1/s1. The van der Waals surface area contributed by atoms with Crippen LogP contribution in [0.25, 0.3) is 0 Å². The first kappa shape index (κ1) is 15.9. The highest BCUT2D eigenvalue weighted by Crippen LogP contribution is 2.41. The van der Waals surface area contributed by atoms with E-state index in [0.29, 0.717) is 5.76 Å². The molecule has 1 aliphatic carbocycles. The summed E-state index contributed by atoms with van der Waals surface area (Å²) >= 11 is 0. The molecular weight excluding hydrogens is 318 g/mol. The number of aryl methyl sites for hydroxylation is 2. The maximum absolute atomic E-state index is 13.3. The predicted molar refractivity (Wildman–Crippen MR) is 91.0 cm³/mol. The first-order valence-electron chi connectivity index (χ1n) is 8.70. The molecule has 3 atom stereocenters. The number of ether oxygens (including phenoxy) is 1. The van der Waals surface area contributed by atoms with Crippen LogP contribution in [0, 0.1) is 12.8 Å². The van der Waals surface area contributed by atoms with Gasteiger partial charge in [-0.25, -0.2) is 9.69 Å². The summed E-state index contributed by atoms with van der Waals surface area (Å²) in [6.45, 7) is 4.13. The zero-order valence-electron chi connectivity index (χ0n) is 14.4. The fourth-order valence-electron chi connectivity index (χ4n) is 3.94.